The number of aromatic nitrogens is 2. The highest BCUT2D eigenvalue weighted by atomic mass is 32.2. The number of benzene rings is 1. The van der Waals surface area contributed by atoms with E-state index in [4.69, 9.17) is 0 Å². The van der Waals surface area contributed by atoms with Crippen molar-refractivity contribution in [2.75, 3.05) is 18.8 Å². The molecule has 0 saturated heterocycles. The summed E-state index contributed by atoms with van der Waals surface area (Å²) in [4.78, 5) is 16.3. The first kappa shape index (κ1) is 18.1. The molecule has 0 spiro atoms. The van der Waals surface area contributed by atoms with Crippen LogP contribution in [0.3, 0.4) is 0 Å². The van der Waals surface area contributed by atoms with E-state index in [9.17, 15) is 4.79 Å². The van der Waals surface area contributed by atoms with E-state index >= 15 is 0 Å². The van der Waals surface area contributed by atoms with Crippen LogP contribution >= 0.6 is 11.8 Å². The van der Waals surface area contributed by atoms with E-state index in [1.165, 1.54) is 22.4 Å². The molecule has 0 atom stereocenters. The molecule has 1 aliphatic rings. The molecule has 0 bridgehead atoms. The largest absolute Gasteiger partial charge is 0.337 e. The molecule has 0 radical (unpaired) electrons. The van der Waals surface area contributed by atoms with Crippen molar-refractivity contribution >= 4 is 17.7 Å². The molecule has 5 heteroatoms. The summed E-state index contributed by atoms with van der Waals surface area (Å²) in [7, 11) is 1.90. The second-order valence-corrected chi connectivity index (χ2v) is 7.82. The van der Waals surface area contributed by atoms with Gasteiger partial charge in [-0.05, 0) is 51.7 Å². The van der Waals surface area contributed by atoms with Crippen LogP contribution in [-0.2, 0) is 19.9 Å². The zero-order valence-corrected chi connectivity index (χ0v) is 16.2. The van der Waals surface area contributed by atoms with Crippen LogP contribution < -0.4 is 0 Å². The average Bonchev–Trinajstić information content (AvgIpc) is 2.95. The highest BCUT2D eigenvalue weighted by Crippen LogP contribution is 2.25. The summed E-state index contributed by atoms with van der Waals surface area (Å²) in [6.45, 7) is 5.64. The molecule has 0 aliphatic heterocycles. The van der Waals surface area contributed by atoms with Crippen LogP contribution in [0.2, 0.25) is 0 Å². The van der Waals surface area contributed by atoms with Crippen LogP contribution in [0.1, 0.15) is 47.1 Å². The van der Waals surface area contributed by atoms with Crippen LogP contribution in [0.15, 0.2) is 29.2 Å². The zero-order chi connectivity index (χ0) is 17.8. The molecule has 1 aromatic heterocycles. The normalized spacial score (nSPS) is 13.6. The van der Waals surface area contributed by atoms with Crippen LogP contribution in [0, 0.1) is 6.92 Å². The Morgan fingerprint density at radius 2 is 1.96 bits per heavy atom. The maximum absolute atomic E-state index is 13.1. The number of hydrogen-bond donors (Lipinski definition) is 0. The van der Waals surface area contributed by atoms with Crippen molar-refractivity contribution in [1.29, 1.82) is 0 Å². The van der Waals surface area contributed by atoms with Crippen molar-refractivity contribution in [2.24, 2.45) is 7.05 Å². The van der Waals surface area contributed by atoms with Crippen molar-refractivity contribution in [3.05, 3.63) is 46.8 Å². The predicted molar refractivity (Wildman–Crippen MR) is 103 cm³/mol. The van der Waals surface area contributed by atoms with Gasteiger partial charge in [0.15, 0.2) is 0 Å². The number of hydrogen-bond acceptors (Lipinski definition) is 3. The van der Waals surface area contributed by atoms with Gasteiger partial charge in [0.2, 0.25) is 0 Å². The van der Waals surface area contributed by atoms with Gasteiger partial charge in [-0.1, -0.05) is 17.7 Å². The SMILES string of the molecule is CCN(CCSc1ccc(C)cc1)C(=O)c1c2c(nn1C)CCCC2. The van der Waals surface area contributed by atoms with E-state index in [1.54, 1.807) is 16.4 Å². The van der Waals surface area contributed by atoms with E-state index in [1.807, 2.05) is 11.9 Å². The Kier molecular flexibility index (Phi) is 5.84. The van der Waals surface area contributed by atoms with Gasteiger partial charge in [-0.2, -0.15) is 5.10 Å². The number of carbonyl (C=O) groups excluding carboxylic acids is 1. The number of nitrogens with zero attached hydrogens (tertiary/aromatic N) is 3. The maximum Gasteiger partial charge on any atom is 0.272 e. The van der Waals surface area contributed by atoms with Crippen LogP contribution in [0.5, 0.6) is 0 Å². The number of amides is 1. The van der Waals surface area contributed by atoms with Gasteiger partial charge in [-0.15, -0.1) is 11.8 Å². The Hall–Kier alpha value is -1.75. The lowest BCUT2D eigenvalue weighted by molar-refractivity contribution is 0.0762. The average molecular weight is 358 g/mol. The van der Waals surface area contributed by atoms with Gasteiger partial charge in [0.1, 0.15) is 5.69 Å². The van der Waals surface area contributed by atoms with E-state index < -0.39 is 0 Å². The van der Waals surface area contributed by atoms with Crippen molar-refractivity contribution in [2.45, 2.75) is 44.4 Å². The highest BCUT2D eigenvalue weighted by Gasteiger charge is 2.26. The van der Waals surface area contributed by atoms with Gasteiger partial charge < -0.3 is 4.90 Å². The number of fused-ring (bicyclic) bond motifs is 1. The molecule has 0 N–H and O–H groups in total. The van der Waals surface area contributed by atoms with Gasteiger partial charge in [0, 0.05) is 36.3 Å². The third kappa shape index (κ3) is 4.09. The molecule has 4 nitrogen and oxygen atoms in total. The van der Waals surface area contributed by atoms with Gasteiger partial charge >= 0.3 is 0 Å². The van der Waals surface area contributed by atoms with Gasteiger partial charge in [0.25, 0.3) is 5.91 Å². The molecule has 134 valence electrons. The summed E-state index contributed by atoms with van der Waals surface area (Å²) in [6.07, 6.45) is 4.34. The van der Waals surface area contributed by atoms with E-state index in [0.717, 1.165) is 49.5 Å². The van der Waals surface area contributed by atoms with Gasteiger partial charge in [-0.3, -0.25) is 9.48 Å². The molecule has 2 aromatic rings. The Balaban J connectivity index is 1.65. The smallest absolute Gasteiger partial charge is 0.272 e. The van der Waals surface area contributed by atoms with Crippen LogP contribution in [0.4, 0.5) is 0 Å². The molecular weight excluding hydrogens is 330 g/mol. The summed E-state index contributed by atoms with van der Waals surface area (Å²) >= 11 is 1.80. The minimum absolute atomic E-state index is 0.130. The number of aryl methyl sites for hydroxylation is 3. The molecule has 0 saturated carbocycles. The fourth-order valence-electron chi connectivity index (χ4n) is 3.41. The molecular formula is C20H27N3OS. The summed E-state index contributed by atoms with van der Waals surface area (Å²) in [6, 6.07) is 8.56. The summed E-state index contributed by atoms with van der Waals surface area (Å²) in [5.74, 6) is 1.04. The predicted octanol–water partition coefficient (Wildman–Crippen LogP) is 3.86. The first-order chi connectivity index (χ1) is 12.1. The fourth-order valence-corrected chi connectivity index (χ4v) is 4.29. The molecule has 1 aliphatic carbocycles. The number of thioether (sulfide) groups is 1. The minimum atomic E-state index is 0.130. The molecule has 1 aromatic carbocycles. The second kappa shape index (κ2) is 8.09. The Labute approximate surface area is 154 Å². The first-order valence-corrected chi connectivity index (χ1v) is 10.1. The molecule has 1 amide bonds. The number of rotatable bonds is 6. The van der Waals surface area contributed by atoms with E-state index in [-0.39, 0.29) is 5.91 Å². The molecule has 25 heavy (non-hydrogen) atoms. The molecule has 1 heterocycles. The molecule has 3 rings (SSSR count). The standard InChI is InChI=1S/C20H27N3OS/c1-4-23(13-14-25-16-11-9-15(2)10-12-16)20(24)19-17-7-5-6-8-18(17)21-22(19)3/h9-12H,4-8,13-14H2,1-3H3. The monoisotopic (exact) mass is 357 g/mol. The summed E-state index contributed by atoms with van der Waals surface area (Å²) < 4.78 is 1.80. The van der Waals surface area contributed by atoms with Crippen molar-refractivity contribution in [3.63, 3.8) is 0 Å². The lowest BCUT2D eigenvalue weighted by atomic mass is 9.95. The lowest BCUT2D eigenvalue weighted by Gasteiger charge is -2.22. The Morgan fingerprint density at radius 1 is 1.24 bits per heavy atom. The van der Waals surface area contributed by atoms with E-state index in [0.29, 0.717) is 0 Å². The summed E-state index contributed by atoms with van der Waals surface area (Å²) in [5.41, 5.74) is 4.39. The Morgan fingerprint density at radius 3 is 2.68 bits per heavy atom. The topological polar surface area (TPSA) is 38.1 Å². The van der Waals surface area contributed by atoms with Crippen LogP contribution in [0.25, 0.3) is 0 Å². The van der Waals surface area contributed by atoms with Gasteiger partial charge in [-0.25, -0.2) is 0 Å². The summed E-state index contributed by atoms with van der Waals surface area (Å²) in [5, 5.41) is 4.59. The van der Waals surface area contributed by atoms with Crippen molar-refractivity contribution in [1.82, 2.24) is 14.7 Å². The zero-order valence-electron chi connectivity index (χ0n) is 15.4. The van der Waals surface area contributed by atoms with E-state index in [2.05, 4.69) is 43.2 Å². The fraction of sp³-hybridized carbons (Fsp3) is 0.500. The lowest BCUT2D eigenvalue weighted by Crippen LogP contribution is -2.34. The van der Waals surface area contributed by atoms with Crippen LogP contribution in [-0.4, -0.2) is 39.4 Å². The maximum atomic E-state index is 13.1. The Bertz CT molecular complexity index is 736. The van der Waals surface area contributed by atoms with Crippen molar-refractivity contribution < 1.29 is 4.79 Å². The quantitative estimate of drug-likeness (QED) is 0.737. The molecule has 0 fully saturated rings. The minimum Gasteiger partial charge on any atom is -0.337 e. The van der Waals surface area contributed by atoms with Gasteiger partial charge in [0.05, 0.1) is 5.69 Å². The first-order valence-electron chi connectivity index (χ1n) is 9.13. The third-order valence-corrected chi connectivity index (χ3v) is 5.83. The molecule has 0 unspecified atom stereocenters. The third-order valence-electron chi connectivity index (χ3n) is 4.84. The highest BCUT2D eigenvalue weighted by molar-refractivity contribution is 7.99. The number of carbonyl (C=O) groups is 1. The van der Waals surface area contributed by atoms with Crippen molar-refractivity contribution in [3.8, 4) is 0 Å². The second-order valence-electron chi connectivity index (χ2n) is 6.65.